The summed E-state index contributed by atoms with van der Waals surface area (Å²) in [5, 5.41) is 0. The fourth-order valence-electron chi connectivity index (χ4n) is 8.72. The van der Waals surface area contributed by atoms with E-state index in [0.29, 0.717) is 23.0 Å². The molecule has 6 rings (SSSR count). The molecular weight excluding hydrogens is 312 g/mol. The number of ether oxygens (including phenoxy) is 3. The van der Waals surface area contributed by atoms with E-state index >= 15 is 0 Å². The number of hydrogen-bond donors (Lipinski definition) is 0. The molecule has 6 aliphatic rings. The van der Waals surface area contributed by atoms with E-state index in [1.807, 2.05) is 0 Å². The summed E-state index contributed by atoms with van der Waals surface area (Å²) in [4.78, 5) is 0. The second-order valence-electron chi connectivity index (χ2n) is 11.0. The molecule has 3 nitrogen and oxygen atoms in total. The van der Waals surface area contributed by atoms with Gasteiger partial charge in [0.15, 0.2) is 5.79 Å². The van der Waals surface area contributed by atoms with Crippen molar-refractivity contribution in [1.82, 2.24) is 0 Å². The second kappa shape index (κ2) is 4.64. The lowest BCUT2D eigenvalue weighted by molar-refractivity contribution is -0.250. The fourth-order valence-corrected chi connectivity index (χ4v) is 8.72. The van der Waals surface area contributed by atoms with Gasteiger partial charge in [0, 0.05) is 11.8 Å². The van der Waals surface area contributed by atoms with Crippen LogP contribution in [0.4, 0.5) is 0 Å². The van der Waals surface area contributed by atoms with Crippen LogP contribution in [-0.4, -0.2) is 31.2 Å². The number of epoxide rings is 1. The minimum Gasteiger partial charge on any atom is -0.370 e. The minimum absolute atomic E-state index is 0.238. The zero-order chi connectivity index (χ0) is 17.1. The first-order valence-electron chi connectivity index (χ1n) is 10.8. The van der Waals surface area contributed by atoms with Crippen molar-refractivity contribution in [2.75, 3.05) is 13.2 Å². The molecule has 140 valence electrons. The van der Waals surface area contributed by atoms with E-state index in [4.69, 9.17) is 14.2 Å². The van der Waals surface area contributed by atoms with E-state index in [0.717, 1.165) is 37.4 Å². The van der Waals surface area contributed by atoms with E-state index in [1.54, 1.807) is 0 Å². The summed E-state index contributed by atoms with van der Waals surface area (Å²) in [6, 6.07) is 0. The van der Waals surface area contributed by atoms with Gasteiger partial charge in [0.1, 0.15) is 0 Å². The molecule has 0 bridgehead atoms. The van der Waals surface area contributed by atoms with Crippen LogP contribution in [0.5, 0.6) is 0 Å². The second-order valence-corrected chi connectivity index (χ2v) is 11.0. The first kappa shape index (κ1) is 15.9. The first-order valence-corrected chi connectivity index (χ1v) is 10.8. The van der Waals surface area contributed by atoms with Crippen LogP contribution in [0.3, 0.4) is 0 Å². The van der Waals surface area contributed by atoms with Gasteiger partial charge in [0.25, 0.3) is 0 Å². The lowest BCUT2D eigenvalue weighted by atomic mass is 9.40. The molecule has 0 radical (unpaired) electrons. The van der Waals surface area contributed by atoms with Crippen molar-refractivity contribution >= 4 is 0 Å². The maximum Gasteiger partial charge on any atom is 0.174 e. The maximum absolute atomic E-state index is 6.29. The molecule has 2 heterocycles. The van der Waals surface area contributed by atoms with Crippen LogP contribution in [0.1, 0.15) is 72.1 Å². The molecule has 0 aromatic heterocycles. The Morgan fingerprint density at radius 2 is 1.40 bits per heavy atom. The van der Waals surface area contributed by atoms with E-state index in [9.17, 15) is 0 Å². The quantitative estimate of drug-likeness (QED) is 0.603. The third-order valence-electron chi connectivity index (χ3n) is 10.4. The zero-order valence-corrected chi connectivity index (χ0v) is 16.2. The summed E-state index contributed by atoms with van der Waals surface area (Å²) in [6.45, 7) is 9.33. The largest absolute Gasteiger partial charge is 0.370 e. The number of hydrogen-bond acceptors (Lipinski definition) is 3. The molecular formula is C22H34O3. The Kier molecular flexibility index (Phi) is 2.95. The van der Waals surface area contributed by atoms with Gasteiger partial charge in [-0.15, -0.1) is 0 Å². The molecule has 25 heavy (non-hydrogen) atoms. The Morgan fingerprint density at radius 3 is 2.20 bits per heavy atom. The van der Waals surface area contributed by atoms with Gasteiger partial charge < -0.3 is 14.2 Å². The number of rotatable bonds is 0. The van der Waals surface area contributed by atoms with Crippen LogP contribution in [-0.2, 0) is 14.2 Å². The predicted octanol–water partition coefficient (Wildman–Crippen LogP) is 4.54. The lowest BCUT2D eigenvalue weighted by Crippen LogP contribution is -2.59. The number of fused-ring (bicyclic) bond motifs is 7. The molecule has 6 fully saturated rings. The smallest absolute Gasteiger partial charge is 0.174 e. The summed E-state index contributed by atoms with van der Waals surface area (Å²) in [7, 11) is 0. The minimum atomic E-state index is -0.248. The zero-order valence-electron chi connectivity index (χ0n) is 16.2. The highest BCUT2D eigenvalue weighted by atomic mass is 16.7. The van der Waals surface area contributed by atoms with Gasteiger partial charge in [-0.25, -0.2) is 0 Å². The van der Waals surface area contributed by atoms with Gasteiger partial charge >= 0.3 is 0 Å². The van der Waals surface area contributed by atoms with Crippen LogP contribution in [0.2, 0.25) is 0 Å². The van der Waals surface area contributed by atoms with Crippen molar-refractivity contribution in [3.63, 3.8) is 0 Å². The highest BCUT2D eigenvalue weighted by Gasteiger charge is 2.70. The van der Waals surface area contributed by atoms with Crippen molar-refractivity contribution in [3.05, 3.63) is 0 Å². The van der Waals surface area contributed by atoms with Crippen LogP contribution >= 0.6 is 0 Å². The summed E-state index contributed by atoms with van der Waals surface area (Å²) in [6.07, 6.45) is 11.7. The molecule has 4 saturated carbocycles. The molecule has 0 unspecified atom stereocenters. The van der Waals surface area contributed by atoms with E-state index in [1.165, 1.54) is 44.9 Å². The predicted molar refractivity (Wildman–Crippen MR) is 95.0 cm³/mol. The molecule has 0 N–H and O–H groups in total. The van der Waals surface area contributed by atoms with Gasteiger partial charge in [-0.3, -0.25) is 0 Å². The molecule has 0 aromatic rings. The van der Waals surface area contributed by atoms with Crippen LogP contribution < -0.4 is 0 Å². The van der Waals surface area contributed by atoms with Crippen molar-refractivity contribution in [2.24, 2.45) is 34.0 Å². The van der Waals surface area contributed by atoms with Gasteiger partial charge in [0.05, 0.1) is 25.4 Å². The first-order chi connectivity index (χ1) is 11.9. The van der Waals surface area contributed by atoms with Gasteiger partial charge in [0.2, 0.25) is 0 Å². The molecule has 2 aliphatic heterocycles. The Morgan fingerprint density at radius 1 is 0.720 bits per heavy atom. The Hall–Kier alpha value is -0.120. The SMILES string of the molecule is C[C@@]12CC[C@H]3[C@H](CC[C@]4(C)[C@H]3CCC43OCCO3)[C@]1(C)C[C@H]1O[C@H]1C2. The van der Waals surface area contributed by atoms with E-state index in [2.05, 4.69) is 20.8 Å². The van der Waals surface area contributed by atoms with E-state index < -0.39 is 0 Å². The highest BCUT2D eigenvalue weighted by Crippen LogP contribution is 2.73. The van der Waals surface area contributed by atoms with Gasteiger partial charge in [-0.2, -0.15) is 0 Å². The summed E-state index contributed by atoms with van der Waals surface area (Å²) >= 11 is 0. The molecule has 0 aromatic carbocycles. The molecule has 8 atom stereocenters. The molecule has 2 saturated heterocycles. The highest BCUT2D eigenvalue weighted by molar-refractivity contribution is 5.17. The molecule has 4 aliphatic carbocycles. The fraction of sp³-hybridized carbons (Fsp3) is 1.00. The Labute approximate surface area is 152 Å². The Bertz CT molecular complexity index is 598. The van der Waals surface area contributed by atoms with Gasteiger partial charge in [-0.1, -0.05) is 20.8 Å². The average Bonchev–Trinajstić information content (AvgIpc) is 3.02. The summed E-state index contributed by atoms with van der Waals surface area (Å²) < 4.78 is 18.6. The third-order valence-corrected chi connectivity index (χ3v) is 10.4. The topological polar surface area (TPSA) is 31.0 Å². The summed E-state index contributed by atoms with van der Waals surface area (Å²) in [5.74, 6) is 2.30. The molecule has 3 heteroatoms. The van der Waals surface area contributed by atoms with Crippen LogP contribution in [0.15, 0.2) is 0 Å². The molecule has 1 spiro atoms. The average molecular weight is 347 g/mol. The van der Waals surface area contributed by atoms with E-state index in [-0.39, 0.29) is 11.2 Å². The normalized spacial score (nSPS) is 61.3. The van der Waals surface area contributed by atoms with Crippen molar-refractivity contribution in [3.8, 4) is 0 Å². The Balaban J connectivity index is 1.36. The van der Waals surface area contributed by atoms with Crippen LogP contribution in [0, 0.1) is 34.0 Å². The summed E-state index contributed by atoms with van der Waals surface area (Å²) in [5.41, 5.74) is 1.21. The van der Waals surface area contributed by atoms with Crippen molar-refractivity contribution < 1.29 is 14.2 Å². The standard InChI is InChI=1S/C22H34O3/c1-19-7-4-14-15-6-9-22(23-10-11-24-22)20(15,2)8-5-16(14)21(19,3)13-18-17(12-19)25-18/h14-18H,4-13H2,1-3H3/t14-,15+,16+,17+,18-,19+,20-,21+/m1/s1. The maximum atomic E-state index is 6.29. The van der Waals surface area contributed by atoms with Crippen molar-refractivity contribution in [2.45, 2.75) is 90.1 Å². The van der Waals surface area contributed by atoms with Crippen LogP contribution in [0.25, 0.3) is 0 Å². The molecule has 0 amide bonds. The third kappa shape index (κ3) is 1.75. The van der Waals surface area contributed by atoms with Gasteiger partial charge in [-0.05, 0) is 73.5 Å². The lowest BCUT2D eigenvalue weighted by Gasteiger charge is -2.64. The monoisotopic (exact) mass is 346 g/mol. The van der Waals surface area contributed by atoms with Crippen molar-refractivity contribution in [1.29, 1.82) is 0 Å².